The zero-order valence-electron chi connectivity index (χ0n) is 11.9. The largest absolute Gasteiger partial charge is 0.244 e. The van der Waals surface area contributed by atoms with Gasteiger partial charge in [-0.1, -0.05) is 34.6 Å². The van der Waals surface area contributed by atoms with Crippen molar-refractivity contribution in [3.8, 4) is 0 Å². The first-order valence-corrected chi connectivity index (χ1v) is 6.01. The molecule has 0 aliphatic heterocycles. The third-order valence-corrected chi connectivity index (χ3v) is 2.45. The molecule has 0 spiro atoms. The molecular formula is C13H25N3. The second-order valence-electron chi connectivity index (χ2n) is 6.78. The summed E-state index contributed by atoms with van der Waals surface area (Å²) in [6.45, 7) is 17.3. The minimum absolute atomic E-state index is 0.00387. The molecule has 0 N–H and O–H groups in total. The van der Waals surface area contributed by atoms with Crippen molar-refractivity contribution in [3.05, 3.63) is 11.6 Å². The fraction of sp³-hybridized carbons (Fsp3) is 0.846. The highest BCUT2D eigenvalue weighted by atomic mass is 15.4. The lowest BCUT2D eigenvalue weighted by Gasteiger charge is -2.22. The van der Waals surface area contributed by atoms with E-state index in [0.29, 0.717) is 5.92 Å². The van der Waals surface area contributed by atoms with E-state index in [-0.39, 0.29) is 11.0 Å². The molecule has 0 fully saturated rings. The highest BCUT2D eigenvalue weighted by Crippen LogP contribution is 2.25. The quantitative estimate of drug-likeness (QED) is 0.730. The molecule has 0 aromatic carbocycles. The van der Waals surface area contributed by atoms with Crippen molar-refractivity contribution in [1.29, 1.82) is 0 Å². The van der Waals surface area contributed by atoms with E-state index >= 15 is 0 Å². The Morgan fingerprint density at radius 3 is 1.75 bits per heavy atom. The number of hydrogen-bond acceptors (Lipinski definition) is 2. The highest BCUT2D eigenvalue weighted by Gasteiger charge is 2.27. The predicted octanol–water partition coefficient (Wildman–Crippen LogP) is 3.45. The van der Waals surface area contributed by atoms with Gasteiger partial charge in [-0.3, -0.25) is 0 Å². The van der Waals surface area contributed by atoms with E-state index in [1.807, 2.05) is 0 Å². The number of rotatable bonds is 1. The molecule has 0 aliphatic carbocycles. The standard InChI is InChI=1S/C13H25N3/c1-9(2)10-14-11(12(3,4)5)15-16(10)13(6,7)8/h9H,1-8H3. The molecule has 1 rings (SSSR count). The molecular weight excluding hydrogens is 198 g/mol. The summed E-state index contributed by atoms with van der Waals surface area (Å²) in [7, 11) is 0. The van der Waals surface area contributed by atoms with Crippen LogP contribution in [-0.4, -0.2) is 14.8 Å². The maximum atomic E-state index is 4.70. The van der Waals surface area contributed by atoms with Crippen molar-refractivity contribution in [2.75, 3.05) is 0 Å². The van der Waals surface area contributed by atoms with Gasteiger partial charge < -0.3 is 0 Å². The van der Waals surface area contributed by atoms with Gasteiger partial charge in [0.05, 0.1) is 5.54 Å². The van der Waals surface area contributed by atoms with Crippen LogP contribution in [0.1, 0.15) is 73.0 Å². The second kappa shape index (κ2) is 3.86. The third kappa shape index (κ3) is 2.63. The Bertz CT molecular complexity index is 362. The van der Waals surface area contributed by atoms with Crippen LogP contribution in [0.4, 0.5) is 0 Å². The zero-order valence-corrected chi connectivity index (χ0v) is 11.9. The lowest BCUT2D eigenvalue weighted by atomic mass is 9.96. The number of hydrogen-bond donors (Lipinski definition) is 0. The van der Waals surface area contributed by atoms with Crippen LogP contribution in [-0.2, 0) is 11.0 Å². The minimum Gasteiger partial charge on any atom is -0.244 e. The van der Waals surface area contributed by atoms with Gasteiger partial charge >= 0.3 is 0 Å². The van der Waals surface area contributed by atoms with Crippen molar-refractivity contribution < 1.29 is 0 Å². The molecule has 0 radical (unpaired) electrons. The summed E-state index contributed by atoms with van der Waals surface area (Å²) in [4.78, 5) is 4.70. The molecule has 0 saturated heterocycles. The van der Waals surface area contributed by atoms with Crippen molar-refractivity contribution >= 4 is 0 Å². The first-order valence-electron chi connectivity index (χ1n) is 6.01. The summed E-state index contributed by atoms with van der Waals surface area (Å²) in [5, 5.41) is 4.68. The van der Waals surface area contributed by atoms with Crippen LogP contribution in [0, 0.1) is 0 Å². The first kappa shape index (κ1) is 13.2. The van der Waals surface area contributed by atoms with Gasteiger partial charge in [0.2, 0.25) is 0 Å². The van der Waals surface area contributed by atoms with Crippen LogP contribution in [0.15, 0.2) is 0 Å². The summed E-state index contributed by atoms with van der Waals surface area (Å²) in [5.74, 6) is 2.42. The normalized spacial score (nSPS) is 13.6. The smallest absolute Gasteiger partial charge is 0.156 e. The second-order valence-corrected chi connectivity index (χ2v) is 6.78. The molecule has 0 bridgehead atoms. The fourth-order valence-electron chi connectivity index (χ4n) is 1.51. The molecule has 16 heavy (non-hydrogen) atoms. The van der Waals surface area contributed by atoms with E-state index in [1.165, 1.54) is 0 Å². The fourth-order valence-corrected chi connectivity index (χ4v) is 1.51. The Labute approximate surface area is 99.3 Å². The van der Waals surface area contributed by atoms with Gasteiger partial charge in [-0.2, -0.15) is 5.10 Å². The maximum Gasteiger partial charge on any atom is 0.156 e. The summed E-state index contributed by atoms with van der Waals surface area (Å²) in [6.07, 6.45) is 0. The maximum absolute atomic E-state index is 4.70. The molecule has 0 unspecified atom stereocenters. The Kier molecular flexibility index (Phi) is 3.19. The van der Waals surface area contributed by atoms with Crippen molar-refractivity contribution in [1.82, 2.24) is 14.8 Å². The molecule has 3 heteroatoms. The molecule has 0 aliphatic rings. The van der Waals surface area contributed by atoms with E-state index in [0.717, 1.165) is 11.6 Å². The number of nitrogens with zero attached hydrogens (tertiary/aromatic N) is 3. The van der Waals surface area contributed by atoms with Crippen LogP contribution < -0.4 is 0 Å². The van der Waals surface area contributed by atoms with Crippen molar-refractivity contribution in [2.45, 2.75) is 72.3 Å². The van der Waals surface area contributed by atoms with Gasteiger partial charge in [0.25, 0.3) is 0 Å². The summed E-state index contributed by atoms with van der Waals surface area (Å²) in [6, 6.07) is 0. The average molecular weight is 223 g/mol. The average Bonchev–Trinajstić information content (AvgIpc) is 2.44. The van der Waals surface area contributed by atoms with Gasteiger partial charge in [-0.05, 0) is 20.8 Å². The summed E-state index contributed by atoms with van der Waals surface area (Å²) in [5.41, 5.74) is 0.0102. The minimum atomic E-state index is -0.00387. The Morgan fingerprint density at radius 2 is 1.50 bits per heavy atom. The van der Waals surface area contributed by atoms with E-state index in [1.54, 1.807) is 0 Å². The Morgan fingerprint density at radius 1 is 1.00 bits per heavy atom. The topological polar surface area (TPSA) is 30.7 Å². The molecule has 0 atom stereocenters. The van der Waals surface area contributed by atoms with Gasteiger partial charge in [0.15, 0.2) is 5.82 Å². The van der Waals surface area contributed by atoms with Crippen LogP contribution in [0.3, 0.4) is 0 Å². The summed E-state index contributed by atoms with van der Waals surface area (Å²) < 4.78 is 2.07. The predicted molar refractivity (Wildman–Crippen MR) is 67.8 cm³/mol. The van der Waals surface area contributed by atoms with Crippen molar-refractivity contribution in [3.63, 3.8) is 0 Å². The van der Waals surface area contributed by atoms with E-state index in [4.69, 9.17) is 4.98 Å². The lowest BCUT2D eigenvalue weighted by molar-refractivity contribution is 0.332. The highest BCUT2D eigenvalue weighted by molar-refractivity contribution is 5.07. The van der Waals surface area contributed by atoms with Crippen molar-refractivity contribution in [2.24, 2.45) is 0 Å². The lowest BCUT2D eigenvalue weighted by Crippen LogP contribution is -2.26. The Hall–Kier alpha value is -0.860. The number of aromatic nitrogens is 3. The molecule has 1 heterocycles. The molecule has 1 aromatic heterocycles. The van der Waals surface area contributed by atoms with Crippen LogP contribution in [0.25, 0.3) is 0 Å². The molecule has 1 aromatic rings. The van der Waals surface area contributed by atoms with Crippen LogP contribution in [0.5, 0.6) is 0 Å². The van der Waals surface area contributed by atoms with Gasteiger partial charge in [0.1, 0.15) is 5.82 Å². The van der Waals surface area contributed by atoms with E-state index in [9.17, 15) is 0 Å². The van der Waals surface area contributed by atoms with E-state index in [2.05, 4.69) is 65.2 Å². The first-order chi connectivity index (χ1) is 7.03. The molecule has 0 saturated carbocycles. The third-order valence-electron chi connectivity index (χ3n) is 2.45. The SMILES string of the molecule is CC(C)c1nc(C(C)(C)C)nn1C(C)(C)C. The summed E-state index contributed by atoms with van der Waals surface area (Å²) >= 11 is 0. The van der Waals surface area contributed by atoms with Gasteiger partial charge in [-0.15, -0.1) is 0 Å². The molecule has 3 nitrogen and oxygen atoms in total. The molecule has 0 amide bonds. The Balaban J connectivity index is 3.32. The van der Waals surface area contributed by atoms with E-state index < -0.39 is 0 Å². The zero-order chi connectivity index (χ0) is 12.7. The monoisotopic (exact) mass is 223 g/mol. The van der Waals surface area contributed by atoms with Crippen LogP contribution in [0.2, 0.25) is 0 Å². The van der Waals surface area contributed by atoms with Gasteiger partial charge in [0, 0.05) is 11.3 Å². The molecule has 92 valence electrons. The van der Waals surface area contributed by atoms with Crippen LogP contribution >= 0.6 is 0 Å². The van der Waals surface area contributed by atoms with Gasteiger partial charge in [-0.25, -0.2) is 9.67 Å².